The fourth-order valence-electron chi connectivity index (χ4n) is 0.900. The van der Waals surface area contributed by atoms with Crippen LogP contribution in [0, 0.1) is 0 Å². The largest absolute Gasteiger partial charge is 0.480 e. The van der Waals surface area contributed by atoms with E-state index >= 15 is 0 Å². The smallest absolute Gasteiger partial charge is 0.408 e. The fourth-order valence-corrected chi connectivity index (χ4v) is 0.900. The number of carboxylic acid groups (broad SMARTS) is 1. The van der Waals surface area contributed by atoms with Crippen molar-refractivity contribution in [2.45, 2.75) is 38.8 Å². The number of esters is 1. The third kappa shape index (κ3) is 7.15. The lowest BCUT2D eigenvalue weighted by molar-refractivity contribution is -0.147. The first-order chi connectivity index (χ1) is 7.65. The van der Waals surface area contributed by atoms with Crippen LogP contribution in [-0.4, -0.2) is 41.9 Å². The van der Waals surface area contributed by atoms with E-state index in [1.807, 2.05) is 0 Å². The van der Waals surface area contributed by atoms with Gasteiger partial charge in [-0.3, -0.25) is 4.79 Å². The van der Waals surface area contributed by atoms with Crippen LogP contribution in [0.25, 0.3) is 0 Å². The molecule has 0 rings (SSSR count). The lowest BCUT2D eigenvalue weighted by atomic mass is 10.2. The van der Waals surface area contributed by atoms with E-state index in [2.05, 4.69) is 10.1 Å². The van der Waals surface area contributed by atoms with Gasteiger partial charge in [0.2, 0.25) is 0 Å². The zero-order chi connectivity index (χ0) is 13.6. The van der Waals surface area contributed by atoms with Crippen molar-refractivity contribution in [1.29, 1.82) is 0 Å². The molecule has 1 amide bonds. The Morgan fingerprint density at radius 3 is 2.18 bits per heavy atom. The Labute approximate surface area is 99.1 Å². The second kappa shape index (κ2) is 6.07. The van der Waals surface area contributed by atoms with Gasteiger partial charge < -0.3 is 19.9 Å². The summed E-state index contributed by atoms with van der Waals surface area (Å²) in [5.41, 5.74) is -0.738. The number of ether oxygens (including phenoxy) is 2. The first-order valence-corrected chi connectivity index (χ1v) is 4.95. The van der Waals surface area contributed by atoms with Gasteiger partial charge in [0.05, 0.1) is 13.5 Å². The number of hydrogen-bond acceptors (Lipinski definition) is 5. The van der Waals surface area contributed by atoms with Crippen LogP contribution in [0.5, 0.6) is 0 Å². The number of nitrogens with one attached hydrogen (secondary N) is 1. The quantitative estimate of drug-likeness (QED) is 0.702. The maximum atomic E-state index is 11.3. The molecule has 1 unspecified atom stereocenters. The highest BCUT2D eigenvalue weighted by Crippen LogP contribution is 2.07. The van der Waals surface area contributed by atoms with Crippen molar-refractivity contribution < 1.29 is 29.0 Å². The molecule has 0 aromatic carbocycles. The van der Waals surface area contributed by atoms with Gasteiger partial charge in [-0.15, -0.1) is 0 Å². The molecule has 0 aromatic heterocycles. The number of amides is 1. The molecule has 98 valence electrons. The molecule has 0 fully saturated rings. The number of carbonyl (C=O) groups excluding carboxylic acids is 2. The molecule has 0 spiro atoms. The molecule has 0 heterocycles. The van der Waals surface area contributed by atoms with Gasteiger partial charge >= 0.3 is 18.0 Å². The van der Waals surface area contributed by atoms with E-state index in [0.717, 1.165) is 7.11 Å². The molecule has 0 aromatic rings. The van der Waals surface area contributed by atoms with E-state index in [-0.39, 0.29) is 0 Å². The molecule has 0 saturated carbocycles. The standard InChI is InChI=1S/C10H17NO6/c1-10(2,3)17-9(15)11-6(8(13)14)5-7(12)16-4/h6H,5H2,1-4H3,(H,11,15)(H,13,14). The summed E-state index contributed by atoms with van der Waals surface area (Å²) < 4.78 is 9.19. The maximum absolute atomic E-state index is 11.3. The third-order valence-electron chi connectivity index (χ3n) is 1.59. The summed E-state index contributed by atoms with van der Waals surface area (Å²) in [6, 6.07) is -1.36. The molecule has 17 heavy (non-hydrogen) atoms. The Hall–Kier alpha value is -1.79. The Balaban J connectivity index is 4.41. The van der Waals surface area contributed by atoms with Crippen LogP contribution >= 0.6 is 0 Å². The molecule has 0 bridgehead atoms. The molecule has 1 atom stereocenters. The van der Waals surface area contributed by atoms with E-state index < -0.39 is 36.1 Å². The van der Waals surface area contributed by atoms with Gasteiger partial charge in [-0.05, 0) is 20.8 Å². The summed E-state index contributed by atoms with van der Waals surface area (Å²) in [4.78, 5) is 33.0. The van der Waals surface area contributed by atoms with Crippen LogP contribution < -0.4 is 5.32 Å². The predicted molar refractivity (Wildman–Crippen MR) is 57.4 cm³/mol. The van der Waals surface area contributed by atoms with E-state index in [1.54, 1.807) is 20.8 Å². The second-order valence-corrected chi connectivity index (χ2v) is 4.32. The first-order valence-electron chi connectivity index (χ1n) is 4.95. The van der Waals surface area contributed by atoms with E-state index in [9.17, 15) is 14.4 Å². The van der Waals surface area contributed by atoms with Gasteiger partial charge in [-0.1, -0.05) is 0 Å². The number of carboxylic acids is 1. The summed E-state index contributed by atoms with van der Waals surface area (Å²) in [6.45, 7) is 4.92. The third-order valence-corrected chi connectivity index (χ3v) is 1.59. The van der Waals surface area contributed by atoms with Crippen LogP contribution in [0.4, 0.5) is 4.79 Å². The summed E-state index contributed by atoms with van der Waals surface area (Å²) >= 11 is 0. The zero-order valence-electron chi connectivity index (χ0n) is 10.3. The molecular formula is C10H17NO6. The fraction of sp³-hybridized carbons (Fsp3) is 0.700. The molecular weight excluding hydrogens is 230 g/mol. The molecule has 0 aliphatic carbocycles. The van der Waals surface area contributed by atoms with Crippen molar-refractivity contribution in [2.75, 3.05) is 7.11 Å². The number of alkyl carbamates (subject to hydrolysis) is 1. The minimum atomic E-state index is -1.36. The molecule has 2 N–H and O–H groups in total. The molecule has 0 saturated heterocycles. The number of methoxy groups -OCH3 is 1. The lowest BCUT2D eigenvalue weighted by Gasteiger charge is -2.21. The average molecular weight is 247 g/mol. The summed E-state index contributed by atoms with van der Waals surface area (Å²) in [7, 11) is 1.13. The number of carbonyl (C=O) groups is 3. The zero-order valence-corrected chi connectivity index (χ0v) is 10.3. The number of hydrogen-bond donors (Lipinski definition) is 2. The normalized spacial score (nSPS) is 12.5. The predicted octanol–water partition coefficient (Wildman–Crippen LogP) is 0.527. The van der Waals surface area contributed by atoms with E-state index in [0.29, 0.717) is 0 Å². The second-order valence-electron chi connectivity index (χ2n) is 4.32. The lowest BCUT2D eigenvalue weighted by Crippen LogP contribution is -2.44. The minimum absolute atomic E-state index is 0.453. The Kier molecular flexibility index (Phi) is 5.43. The van der Waals surface area contributed by atoms with Crippen molar-refractivity contribution in [2.24, 2.45) is 0 Å². The van der Waals surface area contributed by atoms with Crippen LogP contribution in [-0.2, 0) is 19.1 Å². The number of aliphatic carboxylic acids is 1. The van der Waals surface area contributed by atoms with Gasteiger partial charge in [-0.25, -0.2) is 9.59 Å². The molecule has 0 aliphatic rings. The summed E-state index contributed by atoms with van der Waals surface area (Å²) in [5, 5.41) is 10.9. The molecule has 0 radical (unpaired) electrons. The molecule has 0 aliphatic heterocycles. The Morgan fingerprint density at radius 1 is 1.29 bits per heavy atom. The van der Waals surface area contributed by atoms with Gasteiger partial charge in [0.25, 0.3) is 0 Å². The van der Waals surface area contributed by atoms with Crippen LogP contribution in [0.3, 0.4) is 0 Å². The summed E-state index contributed by atoms with van der Waals surface area (Å²) in [5.74, 6) is -2.06. The van der Waals surface area contributed by atoms with Crippen molar-refractivity contribution in [3.63, 3.8) is 0 Å². The van der Waals surface area contributed by atoms with E-state index in [1.165, 1.54) is 0 Å². The highest BCUT2D eigenvalue weighted by atomic mass is 16.6. The van der Waals surface area contributed by atoms with Gasteiger partial charge in [-0.2, -0.15) is 0 Å². The summed E-state index contributed by atoms with van der Waals surface area (Å²) in [6.07, 6.45) is -1.35. The van der Waals surface area contributed by atoms with Crippen LogP contribution in [0.2, 0.25) is 0 Å². The highest BCUT2D eigenvalue weighted by molar-refractivity contribution is 5.85. The van der Waals surface area contributed by atoms with Crippen LogP contribution in [0.15, 0.2) is 0 Å². The van der Waals surface area contributed by atoms with Crippen molar-refractivity contribution in [3.8, 4) is 0 Å². The SMILES string of the molecule is COC(=O)CC(NC(=O)OC(C)(C)C)C(=O)O. The van der Waals surface area contributed by atoms with Crippen molar-refractivity contribution in [1.82, 2.24) is 5.32 Å². The molecule has 7 nitrogen and oxygen atoms in total. The molecule has 7 heteroatoms. The van der Waals surface area contributed by atoms with Crippen molar-refractivity contribution in [3.05, 3.63) is 0 Å². The van der Waals surface area contributed by atoms with Gasteiger partial charge in [0.15, 0.2) is 0 Å². The van der Waals surface area contributed by atoms with Crippen LogP contribution in [0.1, 0.15) is 27.2 Å². The van der Waals surface area contributed by atoms with Gasteiger partial charge in [0.1, 0.15) is 11.6 Å². The topological polar surface area (TPSA) is 102 Å². The Bertz CT molecular complexity index is 306. The van der Waals surface area contributed by atoms with E-state index in [4.69, 9.17) is 9.84 Å². The maximum Gasteiger partial charge on any atom is 0.408 e. The minimum Gasteiger partial charge on any atom is -0.480 e. The highest BCUT2D eigenvalue weighted by Gasteiger charge is 2.26. The monoisotopic (exact) mass is 247 g/mol. The van der Waals surface area contributed by atoms with Gasteiger partial charge in [0, 0.05) is 0 Å². The Morgan fingerprint density at radius 2 is 1.82 bits per heavy atom. The number of rotatable bonds is 4. The average Bonchev–Trinajstić information content (AvgIpc) is 2.13. The van der Waals surface area contributed by atoms with Crippen molar-refractivity contribution >= 4 is 18.0 Å². The first kappa shape index (κ1) is 15.2.